The summed E-state index contributed by atoms with van der Waals surface area (Å²) in [7, 11) is 3.96. The Hall–Kier alpha value is -1.42. The second-order valence-electron chi connectivity index (χ2n) is 4.60. The molecule has 4 heteroatoms. The number of carbonyl (C=O) groups is 1. The highest BCUT2D eigenvalue weighted by Gasteiger charge is 2.14. The minimum Gasteiger partial charge on any atom is -0.337 e. The molecule has 0 saturated carbocycles. The van der Waals surface area contributed by atoms with Crippen molar-refractivity contribution in [3.05, 3.63) is 35.6 Å². The molecule has 1 aromatic rings. The smallest absolute Gasteiger partial charge is 0.253 e. The summed E-state index contributed by atoms with van der Waals surface area (Å²) in [5.41, 5.74) is 0.545. The number of halogens is 1. The molecule has 0 N–H and O–H groups in total. The number of rotatable bonds is 6. The van der Waals surface area contributed by atoms with Crippen LogP contribution in [0, 0.1) is 5.82 Å². The molecule has 0 aliphatic carbocycles. The minimum absolute atomic E-state index is 0.0290. The molecule has 0 fully saturated rings. The number of amides is 1. The standard InChI is InChI=1S/C14H21FN2O/c1-4-9-17(11-10-16(2)3)14(18)12-5-7-13(15)8-6-12/h5-8H,4,9-11H2,1-3H3. The molecule has 18 heavy (non-hydrogen) atoms. The first-order valence-electron chi connectivity index (χ1n) is 6.24. The first-order chi connectivity index (χ1) is 8.54. The van der Waals surface area contributed by atoms with E-state index >= 15 is 0 Å². The van der Waals surface area contributed by atoms with Crippen LogP contribution in [0.3, 0.4) is 0 Å². The van der Waals surface area contributed by atoms with Gasteiger partial charge < -0.3 is 9.80 Å². The zero-order valence-corrected chi connectivity index (χ0v) is 11.3. The van der Waals surface area contributed by atoms with E-state index < -0.39 is 0 Å². The van der Waals surface area contributed by atoms with Crippen molar-refractivity contribution in [2.24, 2.45) is 0 Å². The lowest BCUT2D eigenvalue weighted by Crippen LogP contribution is -2.37. The van der Waals surface area contributed by atoms with Crippen LogP contribution < -0.4 is 0 Å². The first kappa shape index (κ1) is 14.6. The summed E-state index contributed by atoms with van der Waals surface area (Å²) in [5.74, 6) is -0.347. The van der Waals surface area contributed by atoms with E-state index in [-0.39, 0.29) is 11.7 Å². The van der Waals surface area contributed by atoms with Gasteiger partial charge in [-0.3, -0.25) is 4.79 Å². The van der Waals surface area contributed by atoms with E-state index in [1.54, 1.807) is 0 Å². The number of benzene rings is 1. The van der Waals surface area contributed by atoms with Crippen LogP contribution in [0.25, 0.3) is 0 Å². The third-order valence-corrected chi connectivity index (χ3v) is 2.69. The number of nitrogens with zero attached hydrogens (tertiary/aromatic N) is 2. The third-order valence-electron chi connectivity index (χ3n) is 2.69. The van der Waals surface area contributed by atoms with Crippen LogP contribution in [0.4, 0.5) is 4.39 Å². The Morgan fingerprint density at radius 3 is 2.22 bits per heavy atom. The van der Waals surface area contributed by atoms with Crippen molar-refractivity contribution in [2.45, 2.75) is 13.3 Å². The molecule has 1 aromatic carbocycles. The number of likely N-dealkylation sites (N-methyl/N-ethyl adjacent to an activating group) is 1. The molecular weight excluding hydrogens is 231 g/mol. The molecule has 1 amide bonds. The molecule has 1 rings (SSSR count). The fourth-order valence-corrected chi connectivity index (χ4v) is 1.68. The molecule has 0 saturated heterocycles. The van der Waals surface area contributed by atoms with Crippen molar-refractivity contribution >= 4 is 5.91 Å². The summed E-state index contributed by atoms with van der Waals surface area (Å²) in [5, 5.41) is 0. The summed E-state index contributed by atoms with van der Waals surface area (Å²) in [6.45, 7) is 4.29. The zero-order valence-electron chi connectivity index (χ0n) is 11.3. The van der Waals surface area contributed by atoms with Gasteiger partial charge in [-0.15, -0.1) is 0 Å². The van der Waals surface area contributed by atoms with E-state index in [9.17, 15) is 9.18 Å². The molecule has 100 valence electrons. The monoisotopic (exact) mass is 252 g/mol. The summed E-state index contributed by atoms with van der Waals surface area (Å²) in [6.07, 6.45) is 0.917. The Morgan fingerprint density at radius 2 is 1.72 bits per heavy atom. The van der Waals surface area contributed by atoms with Crippen LogP contribution in [0.2, 0.25) is 0 Å². The van der Waals surface area contributed by atoms with Gasteiger partial charge in [0.25, 0.3) is 5.91 Å². The number of hydrogen-bond donors (Lipinski definition) is 0. The van der Waals surface area contributed by atoms with Gasteiger partial charge in [0.15, 0.2) is 0 Å². The van der Waals surface area contributed by atoms with Gasteiger partial charge in [0, 0.05) is 25.2 Å². The second-order valence-corrected chi connectivity index (χ2v) is 4.60. The molecule has 0 heterocycles. The molecular formula is C14H21FN2O. The largest absolute Gasteiger partial charge is 0.337 e. The molecule has 0 atom stereocenters. The molecule has 0 aliphatic heterocycles. The lowest BCUT2D eigenvalue weighted by atomic mass is 10.2. The van der Waals surface area contributed by atoms with Crippen molar-refractivity contribution in [1.29, 1.82) is 0 Å². The maximum atomic E-state index is 12.8. The van der Waals surface area contributed by atoms with Crippen molar-refractivity contribution in [2.75, 3.05) is 33.7 Å². The first-order valence-corrected chi connectivity index (χ1v) is 6.24. The molecule has 0 spiro atoms. The summed E-state index contributed by atoms with van der Waals surface area (Å²) < 4.78 is 12.8. The van der Waals surface area contributed by atoms with Crippen LogP contribution in [0.5, 0.6) is 0 Å². The lowest BCUT2D eigenvalue weighted by Gasteiger charge is -2.24. The minimum atomic E-state index is -0.318. The van der Waals surface area contributed by atoms with E-state index in [0.717, 1.165) is 19.5 Å². The highest BCUT2D eigenvalue weighted by molar-refractivity contribution is 5.94. The molecule has 0 aromatic heterocycles. The van der Waals surface area contributed by atoms with Crippen LogP contribution in [0.1, 0.15) is 23.7 Å². The van der Waals surface area contributed by atoms with E-state index in [2.05, 4.69) is 0 Å². The Kier molecular flexibility index (Phi) is 5.78. The van der Waals surface area contributed by atoms with Crippen molar-refractivity contribution in [3.63, 3.8) is 0 Å². The quantitative estimate of drug-likeness (QED) is 0.775. The highest BCUT2D eigenvalue weighted by atomic mass is 19.1. The van der Waals surface area contributed by atoms with Gasteiger partial charge in [-0.25, -0.2) is 4.39 Å². The molecule has 0 aliphatic rings. The number of carbonyl (C=O) groups excluding carboxylic acids is 1. The average molecular weight is 252 g/mol. The Balaban J connectivity index is 2.72. The Bertz CT molecular complexity index is 376. The van der Waals surface area contributed by atoms with Crippen LogP contribution in [-0.4, -0.2) is 49.4 Å². The summed E-state index contributed by atoms with van der Waals surface area (Å²) >= 11 is 0. The Morgan fingerprint density at radius 1 is 1.11 bits per heavy atom. The van der Waals surface area contributed by atoms with Gasteiger partial charge in [-0.1, -0.05) is 6.92 Å². The molecule has 0 radical (unpaired) electrons. The van der Waals surface area contributed by atoms with Crippen LogP contribution in [0.15, 0.2) is 24.3 Å². The highest BCUT2D eigenvalue weighted by Crippen LogP contribution is 2.07. The van der Waals surface area contributed by atoms with Gasteiger partial charge in [0.05, 0.1) is 0 Å². The van der Waals surface area contributed by atoms with E-state index in [1.165, 1.54) is 24.3 Å². The average Bonchev–Trinajstić information content (AvgIpc) is 2.34. The maximum absolute atomic E-state index is 12.8. The topological polar surface area (TPSA) is 23.6 Å². The summed E-state index contributed by atoms with van der Waals surface area (Å²) in [6, 6.07) is 5.72. The summed E-state index contributed by atoms with van der Waals surface area (Å²) in [4.78, 5) is 16.1. The van der Waals surface area contributed by atoms with Gasteiger partial charge in [0.1, 0.15) is 5.82 Å². The fourth-order valence-electron chi connectivity index (χ4n) is 1.68. The lowest BCUT2D eigenvalue weighted by molar-refractivity contribution is 0.0745. The second kappa shape index (κ2) is 7.11. The molecule has 3 nitrogen and oxygen atoms in total. The predicted octanol–water partition coefficient (Wildman–Crippen LogP) is 2.24. The Labute approximate surface area is 108 Å². The van der Waals surface area contributed by atoms with Gasteiger partial charge in [-0.05, 0) is 44.8 Å². The SMILES string of the molecule is CCCN(CCN(C)C)C(=O)c1ccc(F)cc1. The van der Waals surface area contributed by atoms with Crippen molar-refractivity contribution < 1.29 is 9.18 Å². The van der Waals surface area contributed by atoms with Gasteiger partial charge in [-0.2, -0.15) is 0 Å². The predicted molar refractivity (Wildman–Crippen MR) is 71.1 cm³/mol. The van der Waals surface area contributed by atoms with Crippen molar-refractivity contribution in [3.8, 4) is 0 Å². The molecule has 0 bridgehead atoms. The van der Waals surface area contributed by atoms with Crippen LogP contribution in [-0.2, 0) is 0 Å². The normalized spacial score (nSPS) is 10.7. The van der Waals surface area contributed by atoms with Crippen LogP contribution >= 0.6 is 0 Å². The van der Waals surface area contributed by atoms with Gasteiger partial charge >= 0.3 is 0 Å². The van der Waals surface area contributed by atoms with Crippen molar-refractivity contribution in [1.82, 2.24) is 9.80 Å². The maximum Gasteiger partial charge on any atom is 0.253 e. The van der Waals surface area contributed by atoms with E-state index in [4.69, 9.17) is 0 Å². The van der Waals surface area contributed by atoms with Gasteiger partial charge in [0.2, 0.25) is 0 Å². The third kappa shape index (κ3) is 4.45. The fraction of sp³-hybridized carbons (Fsp3) is 0.500. The zero-order chi connectivity index (χ0) is 13.5. The van der Waals surface area contributed by atoms with E-state index in [1.807, 2.05) is 30.8 Å². The number of hydrogen-bond acceptors (Lipinski definition) is 2. The molecule has 0 unspecified atom stereocenters. The van der Waals surface area contributed by atoms with E-state index in [0.29, 0.717) is 12.1 Å².